The highest BCUT2D eigenvalue weighted by Gasteiger charge is 2.34. The number of hydrogen-bond donors (Lipinski definition) is 1. The molecule has 1 heterocycles. The van der Waals surface area contributed by atoms with Crippen molar-refractivity contribution in [2.75, 3.05) is 18.5 Å². The molecule has 6 nitrogen and oxygen atoms in total. The fraction of sp³-hybridized carbons (Fsp3) is 0.409. The van der Waals surface area contributed by atoms with Crippen LogP contribution in [0.25, 0.3) is 0 Å². The molecule has 2 aromatic rings. The van der Waals surface area contributed by atoms with Crippen LogP contribution < -0.4 is 10.1 Å². The minimum atomic E-state index is -3.63. The maximum atomic E-state index is 13.2. The highest BCUT2D eigenvalue weighted by molar-refractivity contribution is 7.89. The number of amides is 1. The first-order chi connectivity index (χ1) is 13.9. The van der Waals surface area contributed by atoms with Gasteiger partial charge in [0.25, 0.3) is 0 Å². The van der Waals surface area contributed by atoms with E-state index >= 15 is 0 Å². The van der Waals surface area contributed by atoms with Crippen molar-refractivity contribution in [2.24, 2.45) is 0 Å². The Balaban J connectivity index is 1.75. The number of rotatable bonds is 7. The van der Waals surface area contributed by atoms with Crippen LogP contribution in [0.5, 0.6) is 5.75 Å². The third-order valence-electron chi connectivity index (χ3n) is 5.08. The summed E-state index contributed by atoms with van der Waals surface area (Å²) in [5.41, 5.74) is 1.61. The molecular formula is C22H28N2O4S. The van der Waals surface area contributed by atoms with Gasteiger partial charge in [-0.25, -0.2) is 8.42 Å². The Kier molecular flexibility index (Phi) is 6.92. The molecule has 29 heavy (non-hydrogen) atoms. The van der Waals surface area contributed by atoms with Crippen LogP contribution in [-0.2, 0) is 14.8 Å². The van der Waals surface area contributed by atoms with Gasteiger partial charge < -0.3 is 10.1 Å². The van der Waals surface area contributed by atoms with E-state index < -0.39 is 10.0 Å². The Hall–Kier alpha value is -2.38. The molecule has 1 aliphatic heterocycles. The summed E-state index contributed by atoms with van der Waals surface area (Å²) in [4.78, 5) is 13.0. The Labute approximate surface area is 172 Å². The first-order valence-electron chi connectivity index (χ1n) is 10.0. The molecule has 1 amide bonds. The molecule has 3 rings (SSSR count). The molecule has 0 bridgehead atoms. The molecule has 0 spiro atoms. The SMILES string of the molecule is CCOc1ccccc1NC(=O)CC1CCCCN1S(=O)(=O)c1ccc(C)cc1. The van der Waals surface area contributed by atoms with Crippen LogP contribution in [-0.4, -0.2) is 37.8 Å². The molecule has 1 saturated heterocycles. The first kappa shape index (κ1) is 21.3. The van der Waals surface area contributed by atoms with Crippen LogP contribution in [0.3, 0.4) is 0 Å². The fourth-order valence-electron chi connectivity index (χ4n) is 3.61. The molecule has 2 aromatic carbocycles. The second-order valence-corrected chi connectivity index (χ2v) is 9.15. The summed E-state index contributed by atoms with van der Waals surface area (Å²) in [6.45, 7) is 4.74. The number of anilines is 1. The van der Waals surface area contributed by atoms with E-state index in [1.165, 1.54) is 4.31 Å². The van der Waals surface area contributed by atoms with Gasteiger partial charge in [0, 0.05) is 19.0 Å². The second kappa shape index (κ2) is 9.41. The standard InChI is InChI=1S/C22H28N2O4S/c1-3-28-21-10-5-4-9-20(21)23-22(25)16-18-8-6-7-15-24(18)29(26,27)19-13-11-17(2)12-14-19/h4-5,9-14,18H,3,6-8,15-16H2,1-2H3,(H,23,25). The van der Waals surface area contributed by atoms with Gasteiger partial charge in [-0.15, -0.1) is 0 Å². The Morgan fingerprint density at radius 2 is 1.86 bits per heavy atom. The monoisotopic (exact) mass is 416 g/mol. The summed E-state index contributed by atoms with van der Waals surface area (Å²) in [5, 5.41) is 2.88. The predicted molar refractivity (Wildman–Crippen MR) is 114 cm³/mol. The lowest BCUT2D eigenvalue weighted by Gasteiger charge is -2.34. The molecule has 1 aliphatic rings. The largest absolute Gasteiger partial charge is 0.492 e. The zero-order valence-electron chi connectivity index (χ0n) is 16.9. The van der Waals surface area contributed by atoms with Crippen LogP contribution in [0.2, 0.25) is 0 Å². The van der Waals surface area contributed by atoms with E-state index in [4.69, 9.17) is 4.74 Å². The van der Waals surface area contributed by atoms with E-state index in [2.05, 4.69) is 5.32 Å². The van der Waals surface area contributed by atoms with Gasteiger partial charge in [-0.2, -0.15) is 4.31 Å². The number of ether oxygens (including phenoxy) is 1. The predicted octanol–water partition coefficient (Wildman–Crippen LogP) is 3.97. The van der Waals surface area contributed by atoms with Gasteiger partial charge in [-0.1, -0.05) is 36.2 Å². The van der Waals surface area contributed by atoms with Gasteiger partial charge >= 0.3 is 0 Å². The van der Waals surface area contributed by atoms with Gasteiger partial charge in [-0.05, 0) is 51.0 Å². The first-order valence-corrected chi connectivity index (χ1v) is 11.5. The summed E-state index contributed by atoms with van der Waals surface area (Å²) in [5.74, 6) is 0.393. The summed E-state index contributed by atoms with van der Waals surface area (Å²) in [7, 11) is -3.63. The smallest absolute Gasteiger partial charge is 0.243 e. The zero-order chi connectivity index (χ0) is 20.9. The van der Waals surface area contributed by atoms with Gasteiger partial charge in [0.15, 0.2) is 0 Å². The number of para-hydroxylation sites is 2. The van der Waals surface area contributed by atoms with Crippen molar-refractivity contribution in [3.05, 3.63) is 54.1 Å². The van der Waals surface area contributed by atoms with Crippen LogP contribution in [0.1, 0.15) is 38.2 Å². The van der Waals surface area contributed by atoms with Crippen molar-refractivity contribution in [3.8, 4) is 5.75 Å². The number of carbonyl (C=O) groups is 1. The number of carbonyl (C=O) groups excluding carboxylic acids is 1. The number of hydrogen-bond acceptors (Lipinski definition) is 4. The van der Waals surface area contributed by atoms with Crippen molar-refractivity contribution in [1.29, 1.82) is 0 Å². The maximum absolute atomic E-state index is 13.2. The minimum Gasteiger partial charge on any atom is -0.492 e. The minimum absolute atomic E-state index is 0.117. The van der Waals surface area contributed by atoms with Crippen LogP contribution in [0, 0.1) is 6.92 Å². The molecule has 7 heteroatoms. The molecule has 1 atom stereocenters. The van der Waals surface area contributed by atoms with Gasteiger partial charge in [0.1, 0.15) is 5.75 Å². The van der Waals surface area contributed by atoms with Gasteiger partial charge in [0.2, 0.25) is 15.9 Å². The third kappa shape index (κ3) is 5.16. The normalized spacial score (nSPS) is 17.7. The molecule has 1 fully saturated rings. The number of benzene rings is 2. The van der Waals surface area contributed by atoms with Crippen LogP contribution >= 0.6 is 0 Å². The van der Waals surface area contributed by atoms with Gasteiger partial charge in [0.05, 0.1) is 17.2 Å². The van der Waals surface area contributed by atoms with E-state index in [-0.39, 0.29) is 23.3 Å². The fourth-order valence-corrected chi connectivity index (χ4v) is 5.30. The molecule has 156 valence electrons. The average molecular weight is 417 g/mol. The number of nitrogens with zero attached hydrogens (tertiary/aromatic N) is 1. The van der Waals surface area contributed by atoms with Crippen LogP contribution in [0.4, 0.5) is 5.69 Å². The molecule has 1 unspecified atom stereocenters. The van der Waals surface area contributed by atoms with Crippen molar-refractivity contribution in [1.82, 2.24) is 4.31 Å². The van der Waals surface area contributed by atoms with E-state index in [0.717, 1.165) is 18.4 Å². The summed E-state index contributed by atoms with van der Waals surface area (Å²) < 4.78 is 33.4. The number of sulfonamides is 1. The average Bonchev–Trinajstić information content (AvgIpc) is 2.70. The van der Waals surface area contributed by atoms with Gasteiger partial charge in [-0.3, -0.25) is 4.79 Å². The zero-order valence-corrected chi connectivity index (χ0v) is 17.7. The second-order valence-electron chi connectivity index (χ2n) is 7.26. The molecule has 1 N–H and O–H groups in total. The third-order valence-corrected chi connectivity index (χ3v) is 7.05. The Morgan fingerprint density at radius 3 is 2.59 bits per heavy atom. The van der Waals surface area contributed by atoms with E-state index in [1.807, 2.05) is 26.0 Å². The van der Waals surface area contributed by atoms with Crippen molar-refractivity contribution in [2.45, 2.75) is 50.5 Å². The van der Waals surface area contributed by atoms with Crippen molar-refractivity contribution >= 4 is 21.6 Å². The van der Waals surface area contributed by atoms with Crippen LogP contribution in [0.15, 0.2) is 53.4 Å². The molecule has 0 saturated carbocycles. The number of piperidine rings is 1. The lowest BCUT2D eigenvalue weighted by atomic mass is 10.0. The van der Waals surface area contributed by atoms with E-state index in [1.54, 1.807) is 36.4 Å². The molecule has 0 aliphatic carbocycles. The summed E-state index contributed by atoms with van der Waals surface area (Å²) >= 11 is 0. The van der Waals surface area contributed by atoms with Crippen molar-refractivity contribution < 1.29 is 17.9 Å². The molecule has 0 aromatic heterocycles. The van der Waals surface area contributed by atoms with E-state index in [9.17, 15) is 13.2 Å². The number of aryl methyl sites for hydroxylation is 1. The topological polar surface area (TPSA) is 75.7 Å². The molecular weight excluding hydrogens is 388 g/mol. The highest BCUT2D eigenvalue weighted by atomic mass is 32.2. The Bertz CT molecular complexity index is 942. The van der Waals surface area contributed by atoms with E-state index in [0.29, 0.717) is 31.0 Å². The Morgan fingerprint density at radius 1 is 1.14 bits per heavy atom. The highest BCUT2D eigenvalue weighted by Crippen LogP contribution is 2.29. The summed E-state index contributed by atoms with van der Waals surface area (Å²) in [6.07, 6.45) is 2.50. The lowest BCUT2D eigenvalue weighted by molar-refractivity contribution is -0.117. The van der Waals surface area contributed by atoms with Crippen molar-refractivity contribution in [3.63, 3.8) is 0 Å². The molecule has 0 radical (unpaired) electrons. The number of nitrogens with one attached hydrogen (secondary N) is 1. The summed E-state index contributed by atoms with van der Waals surface area (Å²) in [6, 6.07) is 13.8. The quantitative estimate of drug-likeness (QED) is 0.741. The lowest BCUT2D eigenvalue weighted by Crippen LogP contribution is -2.45. The maximum Gasteiger partial charge on any atom is 0.243 e.